The Hall–Kier alpha value is -1.52. The lowest BCUT2D eigenvalue weighted by Gasteiger charge is -2.52. The van der Waals surface area contributed by atoms with E-state index in [0.717, 1.165) is 37.4 Å². The minimum atomic E-state index is -0.351. The molecule has 0 saturated carbocycles. The van der Waals surface area contributed by atoms with Crippen molar-refractivity contribution in [3.8, 4) is 11.5 Å². The molecule has 0 radical (unpaired) electrons. The summed E-state index contributed by atoms with van der Waals surface area (Å²) in [5.74, 6) is 1.56. The molecule has 3 unspecified atom stereocenters. The first-order valence-corrected chi connectivity index (χ1v) is 8.46. The van der Waals surface area contributed by atoms with E-state index in [4.69, 9.17) is 9.47 Å². The lowest BCUT2D eigenvalue weighted by atomic mass is 9.63. The number of aliphatic hydroxyl groups is 1. The van der Waals surface area contributed by atoms with Crippen molar-refractivity contribution in [2.45, 2.75) is 50.8 Å². The Labute approximate surface area is 138 Å². The summed E-state index contributed by atoms with van der Waals surface area (Å²) in [6.45, 7) is 6.28. The molecule has 1 aliphatic heterocycles. The molecule has 1 N–H and O–H groups in total. The van der Waals surface area contributed by atoms with Crippen LogP contribution < -0.4 is 9.47 Å². The molecule has 0 aromatic heterocycles. The number of likely N-dealkylation sites (N-methyl/N-ethyl adjacent to an activating group) is 1. The second-order valence-electron chi connectivity index (χ2n) is 6.50. The summed E-state index contributed by atoms with van der Waals surface area (Å²) in [7, 11) is 3.36. The normalized spacial score (nSPS) is 29.8. The molecule has 4 nitrogen and oxygen atoms in total. The average Bonchev–Trinajstić information content (AvgIpc) is 2.59. The molecule has 3 atom stereocenters. The van der Waals surface area contributed by atoms with Gasteiger partial charge in [-0.1, -0.05) is 26.0 Å². The van der Waals surface area contributed by atoms with Crippen molar-refractivity contribution in [2.24, 2.45) is 0 Å². The summed E-state index contributed by atoms with van der Waals surface area (Å²) in [6, 6.07) is 4.58. The van der Waals surface area contributed by atoms with Gasteiger partial charge in [-0.2, -0.15) is 0 Å². The number of hydrogen-bond acceptors (Lipinski definition) is 4. The second kappa shape index (κ2) is 6.17. The van der Waals surface area contributed by atoms with Crippen molar-refractivity contribution < 1.29 is 14.6 Å². The van der Waals surface area contributed by atoms with Crippen LogP contribution in [0, 0.1) is 0 Å². The monoisotopic (exact) mass is 317 g/mol. The van der Waals surface area contributed by atoms with Gasteiger partial charge in [0.1, 0.15) is 0 Å². The van der Waals surface area contributed by atoms with E-state index in [9.17, 15) is 5.11 Å². The minimum Gasteiger partial charge on any atom is -0.493 e. The molecule has 126 valence electrons. The van der Waals surface area contributed by atoms with E-state index < -0.39 is 0 Å². The summed E-state index contributed by atoms with van der Waals surface area (Å²) < 4.78 is 11.0. The Morgan fingerprint density at radius 1 is 1.22 bits per heavy atom. The topological polar surface area (TPSA) is 41.9 Å². The number of aliphatic hydroxyl groups excluding tert-OH is 1. The molecular formula is C19H27NO3. The summed E-state index contributed by atoms with van der Waals surface area (Å²) in [5.41, 5.74) is 2.54. The van der Waals surface area contributed by atoms with E-state index in [2.05, 4.69) is 37.0 Å². The molecule has 3 rings (SSSR count). The van der Waals surface area contributed by atoms with Gasteiger partial charge in [-0.3, -0.25) is 4.90 Å². The minimum absolute atomic E-state index is 0.0671. The van der Waals surface area contributed by atoms with Crippen molar-refractivity contribution in [3.63, 3.8) is 0 Å². The van der Waals surface area contributed by atoms with Crippen LogP contribution in [0.1, 0.15) is 37.8 Å². The fourth-order valence-corrected chi connectivity index (χ4v) is 4.35. The number of fused-ring (bicyclic) bond motifs is 3. The highest BCUT2D eigenvalue weighted by Gasteiger charge is 2.47. The molecule has 0 spiro atoms. The lowest BCUT2D eigenvalue weighted by Crippen LogP contribution is -2.55. The Morgan fingerprint density at radius 3 is 2.52 bits per heavy atom. The highest BCUT2D eigenvalue weighted by Crippen LogP contribution is 2.48. The molecule has 1 aromatic rings. The van der Waals surface area contributed by atoms with Gasteiger partial charge in [-0.05, 0) is 42.6 Å². The molecule has 0 fully saturated rings. The van der Waals surface area contributed by atoms with Gasteiger partial charge in [0.2, 0.25) is 0 Å². The van der Waals surface area contributed by atoms with Gasteiger partial charge in [0, 0.05) is 18.0 Å². The van der Waals surface area contributed by atoms with Crippen molar-refractivity contribution in [1.82, 2.24) is 4.90 Å². The molecule has 1 aromatic carbocycles. The van der Waals surface area contributed by atoms with Gasteiger partial charge in [0.25, 0.3) is 0 Å². The lowest BCUT2D eigenvalue weighted by molar-refractivity contribution is 0.0599. The van der Waals surface area contributed by atoms with Crippen LogP contribution >= 0.6 is 0 Å². The molecular weight excluding hydrogens is 290 g/mol. The number of nitrogens with zero attached hydrogens (tertiary/aromatic N) is 1. The molecule has 0 saturated heterocycles. The zero-order valence-corrected chi connectivity index (χ0v) is 14.5. The standard InChI is InChI=1S/C19H27NO3/c1-5-19-8-7-14(21)10-18(19)20(6-2)12-13-9-16(22-3)17(23-4)11-15(13)19/h7-9,11,14,18,21H,5-6,10,12H2,1-4H3. The summed E-state index contributed by atoms with van der Waals surface area (Å²) in [6.07, 6.45) is 5.61. The van der Waals surface area contributed by atoms with Crippen LogP contribution in [0.15, 0.2) is 24.3 Å². The van der Waals surface area contributed by atoms with E-state index in [1.165, 1.54) is 11.1 Å². The Balaban J connectivity index is 2.21. The molecule has 23 heavy (non-hydrogen) atoms. The first-order valence-electron chi connectivity index (χ1n) is 8.46. The maximum absolute atomic E-state index is 10.1. The number of benzene rings is 1. The maximum atomic E-state index is 10.1. The van der Waals surface area contributed by atoms with Crippen LogP contribution in [0.25, 0.3) is 0 Å². The van der Waals surface area contributed by atoms with Crippen LogP contribution in [0.2, 0.25) is 0 Å². The van der Waals surface area contributed by atoms with Crippen LogP contribution in [0.4, 0.5) is 0 Å². The number of methoxy groups -OCH3 is 2. The van der Waals surface area contributed by atoms with E-state index in [1.54, 1.807) is 14.2 Å². The third-order valence-electron chi connectivity index (χ3n) is 5.59. The number of rotatable bonds is 4. The van der Waals surface area contributed by atoms with Gasteiger partial charge < -0.3 is 14.6 Å². The van der Waals surface area contributed by atoms with Crippen LogP contribution in [-0.4, -0.2) is 42.9 Å². The van der Waals surface area contributed by atoms with E-state index in [-0.39, 0.29) is 11.5 Å². The predicted molar refractivity (Wildman–Crippen MR) is 91.2 cm³/mol. The Morgan fingerprint density at radius 2 is 1.91 bits per heavy atom. The first-order chi connectivity index (χ1) is 11.1. The summed E-state index contributed by atoms with van der Waals surface area (Å²) >= 11 is 0. The zero-order chi connectivity index (χ0) is 16.6. The van der Waals surface area contributed by atoms with Gasteiger partial charge in [-0.25, -0.2) is 0 Å². The van der Waals surface area contributed by atoms with Crippen LogP contribution in [-0.2, 0) is 12.0 Å². The van der Waals surface area contributed by atoms with Crippen molar-refractivity contribution in [3.05, 3.63) is 35.4 Å². The molecule has 4 heteroatoms. The summed E-state index contributed by atoms with van der Waals surface area (Å²) in [4.78, 5) is 2.48. The van der Waals surface area contributed by atoms with Gasteiger partial charge in [-0.15, -0.1) is 0 Å². The highest BCUT2D eigenvalue weighted by atomic mass is 16.5. The van der Waals surface area contributed by atoms with E-state index in [1.807, 2.05) is 6.08 Å². The average molecular weight is 317 g/mol. The van der Waals surface area contributed by atoms with Crippen molar-refractivity contribution in [1.29, 1.82) is 0 Å². The third kappa shape index (κ3) is 2.45. The van der Waals surface area contributed by atoms with Crippen molar-refractivity contribution in [2.75, 3.05) is 20.8 Å². The SMILES string of the molecule is CCN1Cc2cc(OC)c(OC)cc2C2(CC)C=CC(O)CC12. The summed E-state index contributed by atoms with van der Waals surface area (Å²) in [5, 5.41) is 10.1. The number of ether oxygens (including phenoxy) is 2. The highest BCUT2D eigenvalue weighted by molar-refractivity contribution is 5.54. The second-order valence-corrected chi connectivity index (χ2v) is 6.50. The quantitative estimate of drug-likeness (QED) is 0.867. The molecule has 2 aliphatic rings. The smallest absolute Gasteiger partial charge is 0.161 e. The van der Waals surface area contributed by atoms with Gasteiger partial charge >= 0.3 is 0 Å². The van der Waals surface area contributed by atoms with Crippen LogP contribution in [0.5, 0.6) is 11.5 Å². The third-order valence-corrected chi connectivity index (χ3v) is 5.59. The predicted octanol–water partition coefficient (Wildman–Crippen LogP) is 2.88. The fourth-order valence-electron chi connectivity index (χ4n) is 4.35. The molecule has 1 aliphatic carbocycles. The Bertz CT molecular complexity index is 613. The first kappa shape index (κ1) is 16.3. The van der Waals surface area contributed by atoms with Crippen molar-refractivity contribution >= 4 is 0 Å². The fraction of sp³-hybridized carbons (Fsp3) is 0.579. The van der Waals surface area contributed by atoms with Gasteiger partial charge in [0.05, 0.1) is 20.3 Å². The van der Waals surface area contributed by atoms with E-state index >= 15 is 0 Å². The number of hydrogen-bond donors (Lipinski definition) is 1. The molecule has 1 heterocycles. The maximum Gasteiger partial charge on any atom is 0.161 e. The van der Waals surface area contributed by atoms with Gasteiger partial charge in [0.15, 0.2) is 11.5 Å². The van der Waals surface area contributed by atoms with Crippen LogP contribution in [0.3, 0.4) is 0 Å². The van der Waals surface area contributed by atoms with E-state index in [0.29, 0.717) is 6.04 Å². The molecule has 0 amide bonds. The Kier molecular flexibility index (Phi) is 4.39. The molecule has 0 bridgehead atoms. The largest absolute Gasteiger partial charge is 0.493 e. The zero-order valence-electron chi connectivity index (χ0n) is 14.5.